The van der Waals surface area contributed by atoms with Gasteiger partial charge in [0.2, 0.25) is 0 Å². The maximum Gasteiger partial charge on any atom is 0.456 e. The monoisotopic (exact) mass is 776 g/mol. The second-order valence-corrected chi connectivity index (χ2v) is 7.96. The fourth-order valence-electron chi connectivity index (χ4n) is 2.40. The summed E-state index contributed by atoms with van der Waals surface area (Å²) in [6, 6.07) is 0. The van der Waals surface area contributed by atoms with E-state index in [1.54, 1.807) is 0 Å². The van der Waals surface area contributed by atoms with E-state index in [0.717, 1.165) is 9.47 Å². The molecule has 0 amide bonds. The van der Waals surface area contributed by atoms with E-state index in [0.29, 0.717) is 0 Å². The van der Waals surface area contributed by atoms with Gasteiger partial charge in [0.1, 0.15) is 0 Å². The van der Waals surface area contributed by atoms with Crippen LogP contribution in [0.25, 0.3) is 0 Å². The number of hydrogen-bond donors (Lipinski definition) is 0. The fraction of sp³-hybridized carbons (Fsp3) is 0.867. The van der Waals surface area contributed by atoms with E-state index in [1.165, 1.54) is 0 Å². The molecule has 2 unspecified atom stereocenters. The first-order chi connectivity index (χ1) is 19.7. The Hall–Kier alpha value is -2.70. The van der Waals surface area contributed by atoms with Gasteiger partial charge in [-0.1, -0.05) is 0 Å². The zero-order valence-corrected chi connectivity index (χ0v) is 19.7. The summed E-state index contributed by atoms with van der Waals surface area (Å²) < 4.78 is 367. The van der Waals surface area contributed by atoms with Crippen LogP contribution >= 0.6 is 0 Å². The van der Waals surface area contributed by atoms with Gasteiger partial charge in [0.15, 0.2) is 0 Å². The largest absolute Gasteiger partial charge is 0.456 e. The summed E-state index contributed by atoms with van der Waals surface area (Å²) >= 11 is 0. The van der Waals surface area contributed by atoms with Crippen LogP contribution in [-0.2, 0) is 19.1 Å². The molecule has 0 bridgehead atoms. The van der Waals surface area contributed by atoms with E-state index in [1.807, 2.05) is 0 Å². The average molecular weight is 776 g/mol. The van der Waals surface area contributed by atoms with Gasteiger partial charge in [-0.2, -0.15) is 114 Å². The molecule has 0 saturated heterocycles. The molecule has 47 heavy (non-hydrogen) atoms. The Morgan fingerprint density at radius 1 is 0.298 bits per heavy atom. The van der Waals surface area contributed by atoms with Crippen molar-refractivity contribution in [2.45, 2.75) is 78.2 Å². The van der Waals surface area contributed by atoms with Gasteiger partial charge < -0.3 is 0 Å². The molecular weight excluding hydrogens is 776 g/mol. The number of alkyl halides is 28. The Kier molecular flexibility index (Phi) is 10.5. The highest BCUT2D eigenvalue weighted by Crippen LogP contribution is 2.58. The first-order valence-corrected chi connectivity index (χ1v) is 9.52. The van der Waals surface area contributed by atoms with E-state index in [-0.39, 0.29) is 0 Å². The van der Waals surface area contributed by atoms with E-state index in [9.17, 15) is 133 Å². The molecule has 280 valence electrons. The maximum absolute atomic E-state index is 14.1. The molecule has 32 heteroatoms. The molecule has 0 spiro atoms. The maximum atomic E-state index is 14.1. The van der Waals surface area contributed by atoms with E-state index >= 15 is 0 Å². The van der Waals surface area contributed by atoms with Crippen LogP contribution in [0.5, 0.6) is 0 Å². The Bertz CT molecular complexity index is 1060. The first kappa shape index (κ1) is 44.3. The van der Waals surface area contributed by atoms with Gasteiger partial charge in [-0.05, 0) is 0 Å². The van der Waals surface area contributed by atoms with E-state index in [2.05, 4.69) is 0 Å². The zero-order chi connectivity index (χ0) is 39.1. The SMILES string of the molecule is O=C(C(F)(OC(F)(F)C(F)(F)C(F)(F)OC(F)(C(=O)C(F)(C(F)(F)F)C(F)(F)F)C(F)(F)F)C(F)(F)F)C(F)(C(F)(F)F)C(F)(F)F. The minimum absolute atomic E-state index is 0.928. The Labute approximate surface area is 233 Å². The van der Waals surface area contributed by atoms with Gasteiger partial charge in [-0.25, -0.2) is 8.78 Å². The number of halogens is 28. The summed E-state index contributed by atoms with van der Waals surface area (Å²) in [7, 11) is 0. The summed E-state index contributed by atoms with van der Waals surface area (Å²) in [6.07, 6.45) is -68.4. The number of hydrogen-bond acceptors (Lipinski definition) is 4. The summed E-state index contributed by atoms with van der Waals surface area (Å²) in [5.74, 6) is -39.0. The third kappa shape index (κ3) is 6.66. The molecule has 0 aliphatic rings. The summed E-state index contributed by atoms with van der Waals surface area (Å²) in [5.41, 5.74) is -17.0. The van der Waals surface area contributed by atoms with Gasteiger partial charge >= 0.3 is 78.2 Å². The van der Waals surface area contributed by atoms with Crippen molar-refractivity contribution in [2.24, 2.45) is 0 Å². The van der Waals surface area contributed by atoms with Gasteiger partial charge in [-0.15, -0.1) is 0 Å². The Morgan fingerprint density at radius 3 is 0.596 bits per heavy atom. The number of Topliss-reactive ketones (excluding diaryl/α,β-unsaturated/α-hetero) is 2. The topological polar surface area (TPSA) is 52.6 Å². The molecule has 0 heterocycles. The predicted molar refractivity (Wildman–Crippen MR) is 78.7 cm³/mol. The van der Waals surface area contributed by atoms with E-state index < -0.39 is 89.8 Å². The van der Waals surface area contributed by atoms with Crippen molar-refractivity contribution < 1.29 is 142 Å². The van der Waals surface area contributed by atoms with Gasteiger partial charge in [0, 0.05) is 0 Å². The van der Waals surface area contributed by atoms with Crippen LogP contribution in [0.2, 0.25) is 0 Å². The number of rotatable bonds is 10. The minimum atomic E-state index is -9.18. The quantitative estimate of drug-likeness (QED) is 0.211. The van der Waals surface area contributed by atoms with Crippen molar-refractivity contribution in [1.82, 2.24) is 0 Å². The second kappa shape index (κ2) is 11.2. The molecule has 0 aliphatic carbocycles. The standard InChI is InChI=1S/C15F28O4/c16-3(8(22,23)24,9(25,26)27)1(44)5(18,12(34,35)36)46-14(40,41)7(20,21)15(42,43)47-6(19,13(37,38)39)2(45)4(17,10(28,29)30)11(31,32)33. The lowest BCUT2D eigenvalue weighted by molar-refractivity contribution is -0.511. The van der Waals surface area contributed by atoms with Crippen LogP contribution in [0.4, 0.5) is 123 Å². The van der Waals surface area contributed by atoms with Crippen molar-refractivity contribution in [2.75, 3.05) is 0 Å². The van der Waals surface area contributed by atoms with Gasteiger partial charge in [0.25, 0.3) is 11.6 Å². The molecule has 0 N–H and O–H groups in total. The van der Waals surface area contributed by atoms with Crippen LogP contribution in [0.15, 0.2) is 0 Å². The molecule has 0 aliphatic heterocycles. The molecule has 0 fully saturated rings. The number of ketones is 2. The van der Waals surface area contributed by atoms with Crippen LogP contribution < -0.4 is 0 Å². The van der Waals surface area contributed by atoms with Crippen LogP contribution in [0.1, 0.15) is 0 Å². The fourth-order valence-corrected chi connectivity index (χ4v) is 2.40. The highest BCUT2D eigenvalue weighted by molar-refractivity contribution is 5.96. The summed E-state index contributed by atoms with van der Waals surface area (Å²) in [4.78, 5) is 22.2. The third-order valence-corrected chi connectivity index (χ3v) is 4.77. The zero-order valence-electron chi connectivity index (χ0n) is 19.7. The lowest BCUT2D eigenvalue weighted by atomic mass is 9.92. The molecule has 0 saturated carbocycles. The van der Waals surface area contributed by atoms with Crippen LogP contribution in [0.3, 0.4) is 0 Å². The highest BCUT2D eigenvalue weighted by Gasteiger charge is 2.90. The molecule has 2 atom stereocenters. The number of carbonyl (C=O) groups excluding carboxylic acids is 2. The molecular formula is C15F28O4. The molecule has 0 radical (unpaired) electrons. The smallest absolute Gasteiger partial charge is 0.288 e. The molecule has 4 nitrogen and oxygen atoms in total. The van der Waals surface area contributed by atoms with Crippen molar-refractivity contribution >= 4 is 11.6 Å². The predicted octanol–water partition coefficient (Wildman–Crippen LogP) is 8.10. The molecule has 0 aromatic heterocycles. The molecule has 0 rings (SSSR count). The summed E-state index contributed by atoms with van der Waals surface area (Å²) in [5, 5.41) is 0. The van der Waals surface area contributed by atoms with Crippen molar-refractivity contribution in [3.63, 3.8) is 0 Å². The van der Waals surface area contributed by atoms with Crippen molar-refractivity contribution in [1.29, 1.82) is 0 Å². The third-order valence-electron chi connectivity index (χ3n) is 4.77. The molecule has 0 aromatic carbocycles. The van der Waals surface area contributed by atoms with Crippen molar-refractivity contribution in [3.05, 3.63) is 0 Å². The number of ether oxygens (including phenoxy) is 2. The lowest BCUT2D eigenvalue weighted by Gasteiger charge is -2.40. The number of carbonyl (C=O) groups is 2. The highest BCUT2D eigenvalue weighted by atomic mass is 19.5. The summed E-state index contributed by atoms with van der Waals surface area (Å²) in [6.45, 7) is 0. The van der Waals surface area contributed by atoms with Gasteiger partial charge in [-0.3, -0.25) is 19.1 Å². The van der Waals surface area contributed by atoms with Crippen molar-refractivity contribution in [3.8, 4) is 0 Å². The first-order valence-electron chi connectivity index (χ1n) is 9.52. The Morgan fingerprint density at radius 2 is 0.468 bits per heavy atom. The second-order valence-electron chi connectivity index (χ2n) is 7.96. The molecule has 0 aromatic rings. The van der Waals surface area contributed by atoms with Crippen LogP contribution in [0, 0.1) is 0 Å². The normalized spacial score (nSPS) is 18.5. The van der Waals surface area contributed by atoms with Gasteiger partial charge in [0.05, 0.1) is 0 Å². The van der Waals surface area contributed by atoms with Crippen LogP contribution in [-0.4, -0.2) is 89.8 Å². The lowest BCUT2D eigenvalue weighted by Crippen LogP contribution is -2.72. The van der Waals surface area contributed by atoms with E-state index in [4.69, 9.17) is 0 Å². The minimum Gasteiger partial charge on any atom is -0.288 e. The Balaban J connectivity index is 7.55. The average Bonchev–Trinajstić information content (AvgIpc) is 2.76.